The van der Waals surface area contributed by atoms with E-state index in [-0.39, 0.29) is 0 Å². The molecule has 1 unspecified atom stereocenters. The molecule has 3 heteroatoms. The van der Waals surface area contributed by atoms with Gasteiger partial charge in [-0.25, -0.2) is 0 Å². The molecule has 1 fully saturated rings. The van der Waals surface area contributed by atoms with Crippen molar-refractivity contribution in [1.29, 1.82) is 0 Å². The summed E-state index contributed by atoms with van der Waals surface area (Å²) < 4.78 is 10.2. The van der Waals surface area contributed by atoms with Gasteiger partial charge < -0.3 is 14.8 Å². The molecule has 0 heterocycles. The summed E-state index contributed by atoms with van der Waals surface area (Å²) >= 11 is 0. The van der Waals surface area contributed by atoms with Crippen molar-refractivity contribution in [2.24, 2.45) is 5.41 Å². The Labute approximate surface area is 87.2 Å². The van der Waals surface area contributed by atoms with E-state index in [1.807, 2.05) is 0 Å². The van der Waals surface area contributed by atoms with Crippen molar-refractivity contribution >= 4 is 0 Å². The van der Waals surface area contributed by atoms with E-state index >= 15 is 0 Å². The van der Waals surface area contributed by atoms with Gasteiger partial charge >= 0.3 is 0 Å². The fourth-order valence-corrected chi connectivity index (χ4v) is 1.71. The summed E-state index contributed by atoms with van der Waals surface area (Å²) in [5.74, 6) is 0. The monoisotopic (exact) mass is 201 g/mol. The zero-order valence-corrected chi connectivity index (χ0v) is 9.64. The fourth-order valence-electron chi connectivity index (χ4n) is 1.71. The van der Waals surface area contributed by atoms with E-state index in [2.05, 4.69) is 12.2 Å². The van der Waals surface area contributed by atoms with Gasteiger partial charge in [-0.2, -0.15) is 0 Å². The van der Waals surface area contributed by atoms with Crippen molar-refractivity contribution in [1.82, 2.24) is 5.32 Å². The van der Waals surface area contributed by atoms with E-state index in [0.717, 1.165) is 19.8 Å². The minimum atomic E-state index is 0.458. The predicted molar refractivity (Wildman–Crippen MR) is 57.5 cm³/mol. The first kappa shape index (κ1) is 12.0. The van der Waals surface area contributed by atoms with Crippen molar-refractivity contribution in [3.05, 3.63) is 0 Å². The van der Waals surface area contributed by atoms with Crippen LogP contribution in [0.15, 0.2) is 0 Å². The second kappa shape index (κ2) is 5.69. The molecule has 1 aliphatic rings. The molecule has 1 rings (SSSR count). The van der Waals surface area contributed by atoms with Gasteiger partial charge in [-0.05, 0) is 31.6 Å². The van der Waals surface area contributed by atoms with Crippen molar-refractivity contribution in [3.8, 4) is 0 Å². The van der Waals surface area contributed by atoms with E-state index in [1.165, 1.54) is 19.3 Å². The fraction of sp³-hybridized carbons (Fsp3) is 1.00. The van der Waals surface area contributed by atoms with E-state index in [9.17, 15) is 0 Å². The van der Waals surface area contributed by atoms with Gasteiger partial charge in [0.2, 0.25) is 0 Å². The predicted octanol–water partition coefficient (Wildman–Crippen LogP) is 1.43. The molecule has 0 aromatic heterocycles. The number of ether oxygens (including phenoxy) is 2. The molecular weight excluding hydrogens is 178 g/mol. The lowest BCUT2D eigenvalue weighted by atomic mass is 10.0. The third-order valence-electron chi connectivity index (χ3n) is 3.04. The summed E-state index contributed by atoms with van der Waals surface area (Å²) in [4.78, 5) is 0. The van der Waals surface area contributed by atoms with E-state index in [0.29, 0.717) is 11.5 Å². The Morgan fingerprint density at radius 1 is 1.29 bits per heavy atom. The quantitative estimate of drug-likeness (QED) is 0.644. The molecule has 0 spiro atoms. The Kier molecular flexibility index (Phi) is 4.85. The molecule has 1 N–H and O–H groups in total. The Bertz CT molecular complexity index is 157. The number of hydrogen-bond donors (Lipinski definition) is 1. The molecule has 14 heavy (non-hydrogen) atoms. The van der Waals surface area contributed by atoms with Gasteiger partial charge in [0.05, 0.1) is 6.61 Å². The first-order valence-electron chi connectivity index (χ1n) is 5.44. The largest absolute Gasteiger partial charge is 0.385 e. The van der Waals surface area contributed by atoms with E-state index in [1.54, 1.807) is 14.2 Å². The van der Waals surface area contributed by atoms with Crippen LogP contribution in [-0.2, 0) is 9.47 Å². The SMILES string of the molecule is COCCC1(CNC(C)COC)CC1. The zero-order chi connectivity index (χ0) is 10.4. The van der Waals surface area contributed by atoms with E-state index < -0.39 is 0 Å². The summed E-state index contributed by atoms with van der Waals surface area (Å²) in [6, 6.07) is 0.458. The van der Waals surface area contributed by atoms with Crippen LogP contribution in [-0.4, -0.2) is 40.0 Å². The molecule has 0 aliphatic heterocycles. The molecule has 84 valence electrons. The molecule has 0 saturated heterocycles. The summed E-state index contributed by atoms with van der Waals surface area (Å²) in [6.45, 7) is 4.96. The highest BCUT2D eigenvalue weighted by atomic mass is 16.5. The van der Waals surface area contributed by atoms with Crippen LogP contribution in [0.3, 0.4) is 0 Å². The molecule has 0 bridgehead atoms. The van der Waals surface area contributed by atoms with Crippen molar-refractivity contribution < 1.29 is 9.47 Å². The van der Waals surface area contributed by atoms with Gasteiger partial charge in [0.1, 0.15) is 0 Å². The van der Waals surface area contributed by atoms with Crippen molar-refractivity contribution in [2.45, 2.75) is 32.2 Å². The van der Waals surface area contributed by atoms with Gasteiger partial charge in [-0.3, -0.25) is 0 Å². The molecule has 0 aromatic rings. The van der Waals surface area contributed by atoms with Crippen LogP contribution in [0.25, 0.3) is 0 Å². The average molecular weight is 201 g/mol. The Hall–Kier alpha value is -0.120. The molecular formula is C11H23NO2. The summed E-state index contributed by atoms with van der Waals surface area (Å²) in [5, 5.41) is 3.51. The lowest BCUT2D eigenvalue weighted by Gasteiger charge is -2.19. The van der Waals surface area contributed by atoms with Crippen LogP contribution >= 0.6 is 0 Å². The van der Waals surface area contributed by atoms with Gasteiger partial charge in [-0.1, -0.05) is 0 Å². The van der Waals surface area contributed by atoms with Crippen LogP contribution in [0.1, 0.15) is 26.2 Å². The van der Waals surface area contributed by atoms with Crippen LogP contribution < -0.4 is 5.32 Å². The van der Waals surface area contributed by atoms with Crippen LogP contribution in [0.4, 0.5) is 0 Å². The van der Waals surface area contributed by atoms with Crippen LogP contribution in [0.2, 0.25) is 0 Å². The van der Waals surface area contributed by atoms with Gasteiger partial charge in [-0.15, -0.1) is 0 Å². The summed E-state index contributed by atoms with van der Waals surface area (Å²) in [6.07, 6.45) is 3.89. The van der Waals surface area contributed by atoms with Crippen LogP contribution in [0, 0.1) is 5.41 Å². The molecule has 0 amide bonds. The molecule has 1 atom stereocenters. The second-order valence-corrected chi connectivity index (χ2v) is 4.48. The summed E-state index contributed by atoms with van der Waals surface area (Å²) in [7, 11) is 3.52. The minimum absolute atomic E-state index is 0.458. The lowest BCUT2D eigenvalue weighted by molar-refractivity contribution is 0.156. The highest BCUT2D eigenvalue weighted by Gasteiger charge is 2.41. The minimum Gasteiger partial charge on any atom is -0.385 e. The van der Waals surface area contributed by atoms with Crippen molar-refractivity contribution in [2.75, 3.05) is 34.0 Å². The summed E-state index contributed by atoms with van der Waals surface area (Å²) in [5.41, 5.74) is 0.540. The first-order valence-corrected chi connectivity index (χ1v) is 5.44. The third kappa shape index (κ3) is 3.95. The highest BCUT2D eigenvalue weighted by Crippen LogP contribution is 2.48. The van der Waals surface area contributed by atoms with Gasteiger partial charge in [0, 0.05) is 33.4 Å². The van der Waals surface area contributed by atoms with Gasteiger partial charge in [0.25, 0.3) is 0 Å². The number of nitrogens with one attached hydrogen (secondary N) is 1. The number of hydrogen-bond acceptors (Lipinski definition) is 3. The first-order chi connectivity index (χ1) is 6.72. The maximum absolute atomic E-state index is 5.12. The average Bonchev–Trinajstić information content (AvgIpc) is 2.93. The van der Waals surface area contributed by atoms with Crippen molar-refractivity contribution in [3.63, 3.8) is 0 Å². The Balaban J connectivity index is 2.10. The third-order valence-corrected chi connectivity index (χ3v) is 3.04. The molecule has 1 aliphatic carbocycles. The molecule has 3 nitrogen and oxygen atoms in total. The van der Waals surface area contributed by atoms with Gasteiger partial charge in [0.15, 0.2) is 0 Å². The van der Waals surface area contributed by atoms with E-state index in [4.69, 9.17) is 9.47 Å². The number of methoxy groups -OCH3 is 2. The maximum Gasteiger partial charge on any atom is 0.0613 e. The standard InChI is InChI=1S/C11H23NO2/c1-10(8-14-3)12-9-11(4-5-11)6-7-13-2/h10,12H,4-9H2,1-3H3. The smallest absolute Gasteiger partial charge is 0.0613 e. The Morgan fingerprint density at radius 3 is 2.50 bits per heavy atom. The number of rotatable bonds is 8. The topological polar surface area (TPSA) is 30.5 Å². The zero-order valence-electron chi connectivity index (χ0n) is 9.64. The highest BCUT2D eigenvalue weighted by molar-refractivity contribution is 4.95. The molecule has 0 radical (unpaired) electrons. The molecule has 1 saturated carbocycles. The molecule has 0 aromatic carbocycles. The second-order valence-electron chi connectivity index (χ2n) is 4.48. The Morgan fingerprint density at radius 2 is 2.00 bits per heavy atom. The van der Waals surface area contributed by atoms with Crippen LogP contribution in [0.5, 0.6) is 0 Å². The lowest BCUT2D eigenvalue weighted by Crippen LogP contribution is -2.35. The maximum atomic E-state index is 5.12. The normalized spacial score (nSPS) is 20.8.